The van der Waals surface area contributed by atoms with Gasteiger partial charge in [0.2, 0.25) is 0 Å². The lowest BCUT2D eigenvalue weighted by Gasteiger charge is -2.09. The van der Waals surface area contributed by atoms with Gasteiger partial charge in [0.25, 0.3) is 0 Å². The summed E-state index contributed by atoms with van der Waals surface area (Å²) in [5, 5.41) is 12.9. The van der Waals surface area contributed by atoms with Crippen LogP contribution >= 0.6 is 0 Å². The predicted octanol–water partition coefficient (Wildman–Crippen LogP) is 1.09. The lowest BCUT2D eigenvalue weighted by atomic mass is 10.3. The van der Waals surface area contributed by atoms with E-state index in [0.29, 0.717) is 0 Å². The van der Waals surface area contributed by atoms with Gasteiger partial charge in [-0.1, -0.05) is 0 Å². The maximum atomic E-state index is 4.32. The molecule has 0 saturated carbocycles. The summed E-state index contributed by atoms with van der Waals surface area (Å²) in [4.78, 5) is 0. The van der Waals surface area contributed by atoms with Crippen LogP contribution in [0.25, 0.3) is 0 Å². The van der Waals surface area contributed by atoms with Crippen LogP contribution in [0.15, 0.2) is 17.4 Å². The lowest BCUT2D eigenvalue weighted by molar-refractivity contribution is 0.375. The summed E-state index contributed by atoms with van der Waals surface area (Å²) in [5.74, 6) is 0. The average molecular weight is 166 g/mol. The van der Waals surface area contributed by atoms with Crippen molar-refractivity contribution < 1.29 is 0 Å². The SMILES string of the molecule is CCN(C)/N=C(\C)c1ccn[nH]1. The number of rotatable bonds is 3. The molecule has 12 heavy (non-hydrogen) atoms. The van der Waals surface area contributed by atoms with Crippen molar-refractivity contribution in [3.63, 3.8) is 0 Å². The number of aromatic nitrogens is 2. The second-order valence-corrected chi connectivity index (χ2v) is 2.63. The number of H-pyrrole nitrogens is 1. The Kier molecular flexibility index (Phi) is 2.85. The van der Waals surface area contributed by atoms with Crippen molar-refractivity contribution >= 4 is 5.71 Å². The smallest absolute Gasteiger partial charge is 0.0824 e. The second-order valence-electron chi connectivity index (χ2n) is 2.63. The van der Waals surface area contributed by atoms with Gasteiger partial charge in [0.05, 0.1) is 11.4 Å². The molecular formula is C8H14N4. The van der Waals surface area contributed by atoms with Gasteiger partial charge < -0.3 is 5.01 Å². The summed E-state index contributed by atoms with van der Waals surface area (Å²) in [5.41, 5.74) is 1.92. The molecule has 0 fully saturated rings. The summed E-state index contributed by atoms with van der Waals surface area (Å²) in [7, 11) is 1.94. The van der Waals surface area contributed by atoms with E-state index in [0.717, 1.165) is 18.0 Å². The summed E-state index contributed by atoms with van der Waals surface area (Å²) in [6.45, 7) is 4.93. The van der Waals surface area contributed by atoms with E-state index < -0.39 is 0 Å². The van der Waals surface area contributed by atoms with Crippen molar-refractivity contribution in [2.75, 3.05) is 13.6 Å². The normalized spacial score (nSPS) is 11.8. The highest BCUT2D eigenvalue weighted by atomic mass is 15.4. The molecule has 1 N–H and O–H groups in total. The maximum Gasteiger partial charge on any atom is 0.0824 e. The highest BCUT2D eigenvalue weighted by molar-refractivity contribution is 5.96. The maximum absolute atomic E-state index is 4.32. The van der Waals surface area contributed by atoms with Gasteiger partial charge in [-0.3, -0.25) is 5.10 Å². The van der Waals surface area contributed by atoms with Crippen molar-refractivity contribution in [2.24, 2.45) is 5.10 Å². The van der Waals surface area contributed by atoms with Crippen LogP contribution in [-0.2, 0) is 0 Å². The molecule has 4 nitrogen and oxygen atoms in total. The Morgan fingerprint density at radius 1 is 1.75 bits per heavy atom. The summed E-state index contributed by atoms with van der Waals surface area (Å²) >= 11 is 0. The molecule has 1 aromatic rings. The molecule has 1 rings (SSSR count). The number of hydrogen-bond donors (Lipinski definition) is 1. The monoisotopic (exact) mass is 166 g/mol. The molecule has 0 spiro atoms. The molecule has 0 aromatic carbocycles. The lowest BCUT2D eigenvalue weighted by Crippen LogP contribution is -2.12. The molecule has 66 valence electrons. The fourth-order valence-corrected chi connectivity index (χ4v) is 0.838. The Bertz CT molecular complexity index is 250. The van der Waals surface area contributed by atoms with Crippen LogP contribution in [0.5, 0.6) is 0 Å². The summed E-state index contributed by atoms with van der Waals surface area (Å²) < 4.78 is 0. The van der Waals surface area contributed by atoms with Gasteiger partial charge in [-0.25, -0.2) is 0 Å². The molecular weight excluding hydrogens is 152 g/mol. The van der Waals surface area contributed by atoms with Crippen LogP contribution < -0.4 is 0 Å². The van der Waals surface area contributed by atoms with Crippen LogP contribution in [0.2, 0.25) is 0 Å². The summed E-state index contributed by atoms with van der Waals surface area (Å²) in [6.07, 6.45) is 1.72. The third kappa shape index (κ3) is 2.08. The first kappa shape index (κ1) is 8.77. The van der Waals surface area contributed by atoms with Crippen LogP contribution in [0.1, 0.15) is 19.5 Å². The van der Waals surface area contributed by atoms with E-state index in [1.807, 2.05) is 25.0 Å². The molecule has 0 aliphatic heterocycles. The van der Waals surface area contributed by atoms with E-state index in [4.69, 9.17) is 0 Å². The van der Waals surface area contributed by atoms with E-state index in [1.165, 1.54) is 0 Å². The second kappa shape index (κ2) is 3.90. The Hall–Kier alpha value is -1.32. The number of nitrogens with one attached hydrogen (secondary N) is 1. The fraction of sp³-hybridized carbons (Fsp3) is 0.500. The fourth-order valence-electron chi connectivity index (χ4n) is 0.838. The third-order valence-electron chi connectivity index (χ3n) is 1.67. The van der Waals surface area contributed by atoms with E-state index in [2.05, 4.69) is 22.2 Å². The molecule has 1 heterocycles. The van der Waals surface area contributed by atoms with Gasteiger partial charge in [-0.2, -0.15) is 10.2 Å². The first-order valence-corrected chi connectivity index (χ1v) is 4.00. The number of aromatic amines is 1. The Morgan fingerprint density at radius 2 is 2.50 bits per heavy atom. The van der Waals surface area contributed by atoms with Crippen LogP contribution in [-0.4, -0.2) is 34.5 Å². The molecule has 0 bridgehead atoms. The molecule has 0 atom stereocenters. The van der Waals surface area contributed by atoms with E-state index in [-0.39, 0.29) is 0 Å². The molecule has 0 aliphatic rings. The average Bonchev–Trinajstić information content (AvgIpc) is 2.56. The quantitative estimate of drug-likeness (QED) is 0.539. The van der Waals surface area contributed by atoms with Gasteiger partial charge in [0.1, 0.15) is 0 Å². The van der Waals surface area contributed by atoms with E-state index >= 15 is 0 Å². The van der Waals surface area contributed by atoms with Gasteiger partial charge in [0.15, 0.2) is 0 Å². The topological polar surface area (TPSA) is 44.3 Å². The van der Waals surface area contributed by atoms with Crippen LogP contribution in [0, 0.1) is 0 Å². The molecule has 0 saturated heterocycles. The first-order valence-electron chi connectivity index (χ1n) is 4.00. The van der Waals surface area contributed by atoms with E-state index in [9.17, 15) is 0 Å². The van der Waals surface area contributed by atoms with Crippen molar-refractivity contribution in [3.05, 3.63) is 18.0 Å². The Balaban J connectivity index is 2.71. The Labute approximate surface area is 72.3 Å². The highest BCUT2D eigenvalue weighted by Crippen LogP contribution is 1.96. The van der Waals surface area contributed by atoms with Crippen molar-refractivity contribution in [1.82, 2.24) is 15.2 Å². The number of hydrazone groups is 1. The van der Waals surface area contributed by atoms with Crippen LogP contribution in [0.3, 0.4) is 0 Å². The molecule has 0 radical (unpaired) electrons. The number of nitrogens with zero attached hydrogens (tertiary/aromatic N) is 3. The largest absolute Gasteiger partial charge is 0.300 e. The molecule has 4 heteroatoms. The van der Waals surface area contributed by atoms with Crippen molar-refractivity contribution in [2.45, 2.75) is 13.8 Å². The Morgan fingerprint density at radius 3 is 3.00 bits per heavy atom. The minimum Gasteiger partial charge on any atom is -0.300 e. The van der Waals surface area contributed by atoms with Gasteiger partial charge in [-0.05, 0) is 19.9 Å². The zero-order chi connectivity index (χ0) is 8.97. The predicted molar refractivity (Wildman–Crippen MR) is 49.1 cm³/mol. The number of hydrogen-bond acceptors (Lipinski definition) is 3. The van der Waals surface area contributed by atoms with Gasteiger partial charge >= 0.3 is 0 Å². The minimum absolute atomic E-state index is 0.908. The van der Waals surface area contributed by atoms with Crippen molar-refractivity contribution in [3.8, 4) is 0 Å². The molecule has 0 unspecified atom stereocenters. The zero-order valence-electron chi connectivity index (χ0n) is 7.70. The zero-order valence-corrected chi connectivity index (χ0v) is 7.70. The third-order valence-corrected chi connectivity index (χ3v) is 1.67. The van der Waals surface area contributed by atoms with Gasteiger partial charge in [-0.15, -0.1) is 0 Å². The molecule has 0 amide bonds. The van der Waals surface area contributed by atoms with E-state index in [1.54, 1.807) is 6.20 Å². The highest BCUT2D eigenvalue weighted by Gasteiger charge is 1.98. The molecule has 1 aromatic heterocycles. The van der Waals surface area contributed by atoms with Gasteiger partial charge in [0, 0.05) is 19.8 Å². The van der Waals surface area contributed by atoms with Crippen molar-refractivity contribution in [1.29, 1.82) is 0 Å². The van der Waals surface area contributed by atoms with Crippen LogP contribution in [0.4, 0.5) is 0 Å². The molecule has 0 aliphatic carbocycles. The summed E-state index contributed by atoms with van der Waals surface area (Å²) in [6, 6.07) is 1.91. The standard InChI is InChI=1S/C8H14N4/c1-4-12(3)11-7(2)8-5-6-9-10-8/h5-6H,4H2,1-3H3,(H,9,10)/b11-7+. The minimum atomic E-state index is 0.908. The first-order chi connectivity index (χ1) is 5.74.